The third kappa shape index (κ3) is 3.44. The van der Waals surface area contributed by atoms with Gasteiger partial charge >= 0.3 is 0 Å². The first-order valence-electron chi connectivity index (χ1n) is 7.44. The summed E-state index contributed by atoms with van der Waals surface area (Å²) in [6, 6.07) is 3.06. The first-order chi connectivity index (χ1) is 10.1. The highest BCUT2D eigenvalue weighted by atomic mass is 35.5. The smallest absolute Gasteiger partial charge is 0.179 e. The van der Waals surface area contributed by atoms with Crippen LogP contribution < -0.4 is 15.2 Å². The van der Waals surface area contributed by atoms with Crippen molar-refractivity contribution in [3.05, 3.63) is 22.7 Å². The number of halogens is 1. The van der Waals surface area contributed by atoms with Crippen LogP contribution in [0.5, 0.6) is 11.5 Å². The summed E-state index contributed by atoms with van der Waals surface area (Å²) < 4.78 is 10.5. The fourth-order valence-electron chi connectivity index (χ4n) is 3.11. The molecule has 0 aromatic heterocycles. The topological polar surface area (TPSA) is 64.7 Å². The second kappa shape index (κ2) is 7.34. The maximum atomic E-state index is 10.6. The van der Waals surface area contributed by atoms with Crippen LogP contribution in [0.1, 0.15) is 43.7 Å². The Morgan fingerprint density at radius 2 is 1.86 bits per heavy atom. The van der Waals surface area contributed by atoms with E-state index in [2.05, 4.69) is 0 Å². The van der Waals surface area contributed by atoms with Crippen LogP contribution in [0.2, 0.25) is 5.02 Å². The molecule has 21 heavy (non-hydrogen) atoms. The van der Waals surface area contributed by atoms with E-state index in [1.54, 1.807) is 19.2 Å². The molecule has 1 aliphatic rings. The van der Waals surface area contributed by atoms with Gasteiger partial charge < -0.3 is 20.3 Å². The van der Waals surface area contributed by atoms with Gasteiger partial charge in [-0.15, -0.1) is 0 Å². The molecule has 1 aliphatic carbocycles. The Kier molecular flexibility index (Phi) is 5.73. The molecular formula is C16H24ClNO3. The zero-order valence-corrected chi connectivity index (χ0v) is 13.4. The molecule has 0 bridgehead atoms. The molecule has 0 heterocycles. The number of methoxy groups -OCH3 is 2. The Morgan fingerprint density at radius 1 is 1.19 bits per heavy atom. The van der Waals surface area contributed by atoms with Crippen LogP contribution in [-0.2, 0) is 0 Å². The van der Waals surface area contributed by atoms with Gasteiger partial charge in [-0.25, -0.2) is 0 Å². The van der Waals surface area contributed by atoms with E-state index in [-0.39, 0.29) is 5.92 Å². The zero-order chi connectivity index (χ0) is 15.4. The minimum absolute atomic E-state index is 0.248. The molecular weight excluding hydrogens is 290 g/mol. The molecule has 1 aromatic rings. The number of rotatable bonds is 5. The molecule has 2 rings (SSSR count). The van der Waals surface area contributed by atoms with E-state index in [9.17, 15) is 5.11 Å². The summed E-state index contributed by atoms with van der Waals surface area (Å²) in [5, 5.41) is 11.0. The molecule has 4 nitrogen and oxygen atoms in total. The van der Waals surface area contributed by atoms with Gasteiger partial charge in [-0.05, 0) is 30.4 Å². The molecule has 0 saturated heterocycles. The molecule has 1 aromatic carbocycles. The molecule has 0 spiro atoms. The summed E-state index contributed by atoms with van der Waals surface area (Å²) in [6.07, 6.45) is 5.04. The predicted octanol–water partition coefficient (Wildman–Crippen LogP) is 3.30. The lowest BCUT2D eigenvalue weighted by molar-refractivity contribution is 0.0617. The maximum Gasteiger partial charge on any atom is 0.179 e. The second-order valence-electron chi connectivity index (χ2n) is 5.62. The normalized spacial score (nSPS) is 19.1. The Hall–Kier alpha value is -0.970. The van der Waals surface area contributed by atoms with Gasteiger partial charge in [0.1, 0.15) is 0 Å². The number of hydrogen-bond donors (Lipinski definition) is 2. The van der Waals surface area contributed by atoms with Crippen LogP contribution in [0.15, 0.2) is 12.1 Å². The zero-order valence-electron chi connectivity index (χ0n) is 12.6. The first-order valence-corrected chi connectivity index (χ1v) is 7.82. The molecule has 0 amide bonds. The molecule has 2 atom stereocenters. The largest absolute Gasteiger partial charge is 0.493 e. The molecule has 0 unspecified atom stereocenters. The lowest BCUT2D eigenvalue weighted by Gasteiger charge is -2.31. The molecule has 0 aliphatic heterocycles. The fourth-order valence-corrected chi connectivity index (χ4v) is 3.47. The SMILES string of the molecule is COc1ccc([C@H](N)[C@H](O)C2CCCCC2)c(Cl)c1OC. The highest BCUT2D eigenvalue weighted by Crippen LogP contribution is 2.41. The maximum absolute atomic E-state index is 10.6. The fraction of sp³-hybridized carbons (Fsp3) is 0.625. The van der Waals surface area contributed by atoms with Crippen molar-refractivity contribution in [2.24, 2.45) is 11.7 Å². The number of benzene rings is 1. The summed E-state index contributed by atoms with van der Waals surface area (Å²) in [6.45, 7) is 0. The average molecular weight is 314 g/mol. The minimum Gasteiger partial charge on any atom is -0.493 e. The monoisotopic (exact) mass is 313 g/mol. The molecule has 118 valence electrons. The number of hydrogen-bond acceptors (Lipinski definition) is 4. The highest BCUT2D eigenvalue weighted by molar-refractivity contribution is 6.33. The van der Waals surface area contributed by atoms with Gasteiger partial charge in [0.25, 0.3) is 0 Å². The van der Waals surface area contributed by atoms with Crippen LogP contribution in [0.25, 0.3) is 0 Å². The van der Waals surface area contributed by atoms with Gasteiger partial charge in [0.05, 0.1) is 31.4 Å². The van der Waals surface area contributed by atoms with Crippen molar-refractivity contribution in [3.63, 3.8) is 0 Å². The molecule has 0 radical (unpaired) electrons. The predicted molar refractivity (Wildman–Crippen MR) is 84.1 cm³/mol. The van der Waals surface area contributed by atoms with E-state index in [0.29, 0.717) is 22.1 Å². The van der Waals surface area contributed by atoms with E-state index >= 15 is 0 Å². The van der Waals surface area contributed by atoms with E-state index in [4.69, 9.17) is 26.8 Å². The van der Waals surface area contributed by atoms with Crippen LogP contribution >= 0.6 is 11.6 Å². The Morgan fingerprint density at radius 3 is 2.43 bits per heavy atom. The van der Waals surface area contributed by atoms with Gasteiger partial charge in [0.2, 0.25) is 0 Å². The van der Waals surface area contributed by atoms with Gasteiger partial charge in [-0.2, -0.15) is 0 Å². The summed E-state index contributed by atoms with van der Waals surface area (Å²) in [7, 11) is 3.10. The van der Waals surface area contributed by atoms with E-state index in [0.717, 1.165) is 25.7 Å². The third-order valence-corrected chi connectivity index (χ3v) is 4.76. The number of ether oxygens (including phenoxy) is 2. The number of nitrogens with two attached hydrogens (primary N) is 1. The van der Waals surface area contributed by atoms with Crippen LogP contribution in [0.3, 0.4) is 0 Å². The highest BCUT2D eigenvalue weighted by Gasteiger charge is 2.30. The summed E-state index contributed by atoms with van der Waals surface area (Å²) in [5.41, 5.74) is 6.96. The Labute approximate surface area is 131 Å². The van der Waals surface area contributed by atoms with Crippen molar-refractivity contribution < 1.29 is 14.6 Å². The quantitative estimate of drug-likeness (QED) is 0.875. The minimum atomic E-state index is -0.582. The molecule has 1 saturated carbocycles. The van der Waals surface area contributed by atoms with E-state index in [1.165, 1.54) is 13.5 Å². The summed E-state index contributed by atoms with van der Waals surface area (Å²) >= 11 is 6.37. The lowest BCUT2D eigenvalue weighted by atomic mass is 9.81. The van der Waals surface area contributed by atoms with E-state index < -0.39 is 12.1 Å². The number of aliphatic hydroxyl groups excluding tert-OH is 1. The Balaban J connectivity index is 2.23. The standard InChI is InChI=1S/C16H24ClNO3/c1-20-12-9-8-11(13(17)16(12)21-2)14(18)15(19)10-6-4-3-5-7-10/h8-10,14-15,19H,3-7,18H2,1-2H3/t14-,15+/m0/s1. The summed E-state index contributed by atoms with van der Waals surface area (Å²) in [5.74, 6) is 1.27. The van der Waals surface area contributed by atoms with E-state index in [1.807, 2.05) is 0 Å². The molecule has 1 fully saturated rings. The van der Waals surface area contributed by atoms with Crippen molar-refractivity contribution in [2.45, 2.75) is 44.2 Å². The van der Waals surface area contributed by atoms with Crippen molar-refractivity contribution in [1.82, 2.24) is 0 Å². The van der Waals surface area contributed by atoms with Crippen molar-refractivity contribution in [2.75, 3.05) is 14.2 Å². The second-order valence-corrected chi connectivity index (χ2v) is 6.00. The lowest BCUT2D eigenvalue weighted by Crippen LogP contribution is -2.34. The van der Waals surface area contributed by atoms with Gasteiger partial charge in [0, 0.05) is 0 Å². The summed E-state index contributed by atoms with van der Waals surface area (Å²) in [4.78, 5) is 0. The molecule has 3 N–H and O–H groups in total. The first kappa shape index (κ1) is 16.4. The average Bonchev–Trinajstić information content (AvgIpc) is 2.53. The molecule has 5 heteroatoms. The Bertz CT molecular complexity index is 475. The van der Waals surface area contributed by atoms with Crippen molar-refractivity contribution in [1.29, 1.82) is 0 Å². The van der Waals surface area contributed by atoms with Crippen LogP contribution in [0.4, 0.5) is 0 Å². The van der Waals surface area contributed by atoms with Gasteiger partial charge in [0.15, 0.2) is 11.5 Å². The number of aliphatic hydroxyl groups is 1. The van der Waals surface area contributed by atoms with Crippen molar-refractivity contribution >= 4 is 11.6 Å². The van der Waals surface area contributed by atoms with Crippen LogP contribution in [-0.4, -0.2) is 25.4 Å². The van der Waals surface area contributed by atoms with Gasteiger partial charge in [-0.3, -0.25) is 0 Å². The van der Waals surface area contributed by atoms with Crippen molar-refractivity contribution in [3.8, 4) is 11.5 Å². The van der Waals surface area contributed by atoms with Gasteiger partial charge in [-0.1, -0.05) is 36.9 Å². The van der Waals surface area contributed by atoms with Crippen LogP contribution in [0, 0.1) is 5.92 Å². The third-order valence-electron chi connectivity index (χ3n) is 4.37.